The van der Waals surface area contributed by atoms with E-state index in [4.69, 9.17) is 5.73 Å². The van der Waals surface area contributed by atoms with Crippen LogP contribution in [0.4, 0.5) is 17.1 Å². The van der Waals surface area contributed by atoms with Crippen LogP contribution in [0.5, 0.6) is 0 Å². The Morgan fingerprint density at radius 1 is 0.657 bits per heavy atom. The molecule has 0 saturated heterocycles. The minimum atomic E-state index is -5.22. The van der Waals surface area contributed by atoms with Gasteiger partial charge in [0.1, 0.15) is 15.5 Å². The molecular weight excluding hydrogens is 522 g/mol. The van der Waals surface area contributed by atoms with Crippen molar-refractivity contribution in [1.29, 1.82) is 0 Å². The maximum atomic E-state index is 12.1. The van der Waals surface area contributed by atoms with Crippen molar-refractivity contribution in [1.82, 2.24) is 0 Å². The molecule has 0 atom stereocenters. The number of hydrogen-bond acceptors (Lipinski definition) is 9. The molecule has 0 aliphatic heterocycles. The monoisotopic (exact) mass is 537 g/mol. The van der Waals surface area contributed by atoms with Crippen molar-refractivity contribution in [2.24, 2.45) is 10.2 Å². The summed E-state index contributed by atoms with van der Waals surface area (Å²) in [6, 6.07) is 13.0. The number of nitrogen functional groups attached to an aromatic ring is 1. The lowest BCUT2D eigenvalue weighted by molar-refractivity contribution is 0.467. The largest absolute Gasteiger partial charge is 0.398 e. The van der Waals surface area contributed by atoms with Gasteiger partial charge in [0.2, 0.25) is 0 Å². The molecule has 5 N–H and O–H groups in total. The second-order valence-electron chi connectivity index (χ2n) is 7.28. The molecule has 0 aromatic heterocycles. The first-order valence-corrected chi connectivity index (χ1v) is 13.7. The number of rotatable bonds is 5. The predicted molar refractivity (Wildman–Crippen MR) is 126 cm³/mol. The normalized spacial score (nSPS) is 13.1. The molecular formula is C20H15N3O9S3. The van der Waals surface area contributed by atoms with E-state index in [1.807, 2.05) is 0 Å². The fraction of sp³-hybridized carbons (Fsp3) is 0. The first kappa shape index (κ1) is 24.6. The van der Waals surface area contributed by atoms with Crippen LogP contribution in [0, 0.1) is 0 Å². The van der Waals surface area contributed by atoms with E-state index in [9.17, 15) is 38.9 Å². The summed E-state index contributed by atoms with van der Waals surface area (Å²) in [5.41, 5.74) is 5.56. The Balaban J connectivity index is 2.04. The molecule has 0 bridgehead atoms. The molecule has 0 spiro atoms. The van der Waals surface area contributed by atoms with Gasteiger partial charge in [0, 0.05) is 21.8 Å². The molecule has 0 radical (unpaired) electrons. The minimum absolute atomic E-state index is 0.0683. The number of benzene rings is 4. The third kappa shape index (κ3) is 4.72. The summed E-state index contributed by atoms with van der Waals surface area (Å²) in [6.45, 7) is 0. The summed E-state index contributed by atoms with van der Waals surface area (Å²) in [5, 5.41) is 8.62. The molecule has 4 rings (SSSR count). The Morgan fingerprint density at radius 2 is 1.34 bits per heavy atom. The first-order chi connectivity index (χ1) is 16.2. The fourth-order valence-corrected chi connectivity index (χ4v) is 5.96. The summed E-state index contributed by atoms with van der Waals surface area (Å²) in [5.74, 6) is 0. The van der Waals surface area contributed by atoms with Gasteiger partial charge in [0.05, 0.1) is 10.6 Å². The Kier molecular flexibility index (Phi) is 5.87. The van der Waals surface area contributed by atoms with Crippen LogP contribution in [0.15, 0.2) is 85.6 Å². The molecule has 0 aliphatic rings. The molecule has 4 aromatic carbocycles. The zero-order valence-electron chi connectivity index (χ0n) is 17.3. The highest BCUT2D eigenvalue weighted by atomic mass is 32.2. The van der Waals surface area contributed by atoms with Crippen LogP contribution in [0.1, 0.15) is 0 Å². The summed E-state index contributed by atoms with van der Waals surface area (Å²) in [4.78, 5) is -2.69. The lowest BCUT2D eigenvalue weighted by atomic mass is 10.1. The number of fused-ring (bicyclic) bond motifs is 2. The SMILES string of the molecule is Nc1ccc(N=Nc2c(S(=O)(=O)O)c(S(=O)(=O)O)cc3ccccc23)c2ccc(S(=O)(=O)O)cc12. The van der Waals surface area contributed by atoms with Crippen molar-refractivity contribution in [3.63, 3.8) is 0 Å². The first-order valence-electron chi connectivity index (χ1n) is 9.40. The summed E-state index contributed by atoms with van der Waals surface area (Å²) in [7, 11) is -14.9. The van der Waals surface area contributed by atoms with E-state index < -0.39 is 50.7 Å². The quantitative estimate of drug-likeness (QED) is 0.164. The molecule has 15 heteroatoms. The smallest absolute Gasteiger partial charge is 0.298 e. The Hall–Kier alpha value is -3.47. The number of hydrogen-bond donors (Lipinski definition) is 4. The van der Waals surface area contributed by atoms with Gasteiger partial charge in [0.15, 0.2) is 0 Å². The van der Waals surface area contributed by atoms with E-state index in [0.717, 1.165) is 18.2 Å². The van der Waals surface area contributed by atoms with E-state index in [-0.39, 0.29) is 32.9 Å². The second-order valence-corrected chi connectivity index (χ2v) is 11.4. The fourth-order valence-electron chi connectivity index (χ4n) is 3.51. The maximum Gasteiger partial charge on any atom is 0.298 e. The molecule has 0 heterocycles. The van der Waals surface area contributed by atoms with Gasteiger partial charge in [-0.05, 0) is 35.7 Å². The zero-order chi connectivity index (χ0) is 25.8. The van der Waals surface area contributed by atoms with Crippen molar-refractivity contribution in [2.75, 3.05) is 5.73 Å². The van der Waals surface area contributed by atoms with Gasteiger partial charge in [-0.2, -0.15) is 25.3 Å². The predicted octanol–water partition coefficient (Wildman–Crippen LogP) is 3.73. The number of azo groups is 1. The van der Waals surface area contributed by atoms with E-state index in [1.165, 1.54) is 42.5 Å². The van der Waals surface area contributed by atoms with Gasteiger partial charge < -0.3 is 5.73 Å². The van der Waals surface area contributed by atoms with Gasteiger partial charge in [-0.15, -0.1) is 10.2 Å². The molecule has 0 unspecified atom stereocenters. The number of nitrogens with zero attached hydrogens (tertiary/aromatic N) is 2. The van der Waals surface area contributed by atoms with E-state index >= 15 is 0 Å². The second kappa shape index (κ2) is 8.33. The van der Waals surface area contributed by atoms with Gasteiger partial charge in [-0.1, -0.05) is 30.3 Å². The van der Waals surface area contributed by atoms with E-state index in [0.29, 0.717) is 0 Å². The molecule has 0 aliphatic carbocycles. The van der Waals surface area contributed by atoms with Crippen molar-refractivity contribution in [3.8, 4) is 0 Å². The van der Waals surface area contributed by atoms with Crippen LogP contribution in [0.2, 0.25) is 0 Å². The highest BCUT2D eigenvalue weighted by molar-refractivity contribution is 7.89. The Morgan fingerprint density at radius 3 is 1.97 bits per heavy atom. The Bertz CT molecular complexity index is 1880. The lowest BCUT2D eigenvalue weighted by Crippen LogP contribution is -2.09. The van der Waals surface area contributed by atoms with Crippen molar-refractivity contribution < 1.29 is 38.9 Å². The van der Waals surface area contributed by atoms with E-state index in [2.05, 4.69) is 10.2 Å². The van der Waals surface area contributed by atoms with Crippen molar-refractivity contribution in [2.45, 2.75) is 14.7 Å². The minimum Gasteiger partial charge on any atom is -0.398 e. The van der Waals surface area contributed by atoms with Crippen molar-refractivity contribution >= 4 is 69.0 Å². The molecule has 4 aromatic rings. The third-order valence-corrected chi connectivity index (χ3v) is 7.82. The average molecular weight is 538 g/mol. The molecule has 35 heavy (non-hydrogen) atoms. The molecule has 0 fully saturated rings. The van der Waals surface area contributed by atoms with E-state index in [1.54, 1.807) is 0 Å². The summed E-state index contributed by atoms with van der Waals surface area (Å²) >= 11 is 0. The van der Waals surface area contributed by atoms with Gasteiger partial charge in [0.25, 0.3) is 30.4 Å². The van der Waals surface area contributed by atoms with Crippen LogP contribution in [-0.4, -0.2) is 38.9 Å². The van der Waals surface area contributed by atoms with Gasteiger partial charge in [-0.25, -0.2) is 0 Å². The average Bonchev–Trinajstić information content (AvgIpc) is 2.75. The third-order valence-electron chi connectivity index (χ3n) is 5.03. The van der Waals surface area contributed by atoms with Crippen LogP contribution >= 0.6 is 0 Å². The number of nitrogens with two attached hydrogens (primary N) is 1. The summed E-state index contributed by atoms with van der Waals surface area (Å²) in [6.07, 6.45) is 0. The van der Waals surface area contributed by atoms with Crippen LogP contribution in [-0.2, 0) is 30.4 Å². The zero-order valence-corrected chi connectivity index (χ0v) is 19.7. The van der Waals surface area contributed by atoms with Gasteiger partial charge in [-0.3, -0.25) is 13.7 Å². The standard InChI is InChI=1S/C20H15N3O9S3/c21-16-7-8-17(14-6-5-12(10-15(14)16)33(24,25)26)22-23-19-13-4-2-1-3-11(13)9-18(34(27,28)29)20(19)35(30,31)32/h1-10H,21H2,(H,24,25,26)(H,27,28,29)(H,30,31,32). The highest BCUT2D eigenvalue weighted by Gasteiger charge is 2.30. The maximum absolute atomic E-state index is 12.1. The molecule has 0 saturated carbocycles. The van der Waals surface area contributed by atoms with Crippen molar-refractivity contribution in [3.05, 3.63) is 60.7 Å². The van der Waals surface area contributed by atoms with Crippen LogP contribution < -0.4 is 5.73 Å². The molecule has 0 amide bonds. The molecule has 12 nitrogen and oxygen atoms in total. The summed E-state index contributed by atoms with van der Waals surface area (Å²) < 4.78 is 99.8. The van der Waals surface area contributed by atoms with Gasteiger partial charge >= 0.3 is 0 Å². The lowest BCUT2D eigenvalue weighted by Gasteiger charge is -2.11. The topological polar surface area (TPSA) is 214 Å². The Labute approximate surface area is 199 Å². The number of anilines is 1. The van der Waals surface area contributed by atoms with Crippen LogP contribution in [0.3, 0.4) is 0 Å². The highest BCUT2D eigenvalue weighted by Crippen LogP contribution is 2.40. The molecule has 182 valence electrons. The van der Waals surface area contributed by atoms with Crippen LogP contribution in [0.25, 0.3) is 21.5 Å².